The first-order valence-corrected chi connectivity index (χ1v) is 13.4. The van der Waals surface area contributed by atoms with E-state index in [1.807, 2.05) is 24.3 Å². The molecule has 0 aliphatic rings. The number of hydrogen-bond donors (Lipinski definition) is 0. The molecule has 0 saturated heterocycles. The topological polar surface area (TPSA) is 46.2 Å². The monoisotopic (exact) mass is 514 g/mol. The van der Waals surface area contributed by atoms with Crippen LogP contribution in [0.5, 0.6) is 23.0 Å². The van der Waals surface area contributed by atoms with Crippen molar-refractivity contribution in [1.29, 1.82) is 0 Å². The first-order chi connectivity index (χ1) is 16.8. The summed E-state index contributed by atoms with van der Waals surface area (Å²) in [7, 11) is 1.27. The van der Waals surface area contributed by atoms with Crippen LogP contribution in [-0.2, 0) is 11.1 Å². The van der Waals surface area contributed by atoms with Crippen LogP contribution in [-0.4, -0.2) is 7.11 Å². The van der Waals surface area contributed by atoms with Gasteiger partial charge in [0.2, 0.25) is 9.03 Å². The molecule has 0 amide bonds. The molecular weight excluding hydrogens is 478 g/mol. The molecule has 2 atom stereocenters. The van der Waals surface area contributed by atoms with E-state index in [1.54, 1.807) is 7.11 Å². The first-order valence-electron chi connectivity index (χ1n) is 11.8. The van der Waals surface area contributed by atoms with E-state index < -0.39 is 0 Å². The molecule has 0 spiro atoms. The van der Waals surface area contributed by atoms with Crippen molar-refractivity contribution in [1.82, 2.24) is 0 Å². The van der Waals surface area contributed by atoms with Gasteiger partial charge < -0.3 is 22.8 Å². The molecule has 0 aliphatic heterocycles. The smallest absolute Gasteiger partial charge is 0.275 e. The Labute approximate surface area is 213 Å². The van der Waals surface area contributed by atoms with Gasteiger partial charge in [-0.1, -0.05) is 64.1 Å². The van der Waals surface area contributed by atoms with Gasteiger partial charge in [-0.25, -0.2) is 0 Å². The molecule has 0 heterocycles. The maximum atomic E-state index is 6.08. The van der Waals surface area contributed by atoms with Gasteiger partial charge in [-0.15, -0.1) is 0 Å². The van der Waals surface area contributed by atoms with Gasteiger partial charge in [0.1, 0.15) is 11.5 Å². The molecule has 7 heteroatoms. The summed E-state index contributed by atoms with van der Waals surface area (Å²) in [6.45, 7) is 13.1. The zero-order valence-electron chi connectivity index (χ0n) is 21.6. The Kier molecular flexibility index (Phi) is 10.2. The third-order valence-electron chi connectivity index (χ3n) is 5.60. The van der Waals surface area contributed by atoms with Crippen LogP contribution in [0.3, 0.4) is 0 Å². The summed E-state index contributed by atoms with van der Waals surface area (Å²) >= 11 is 0. The summed E-state index contributed by atoms with van der Waals surface area (Å²) in [5.74, 6) is 3.71. The van der Waals surface area contributed by atoms with E-state index >= 15 is 0 Å². The van der Waals surface area contributed by atoms with Crippen molar-refractivity contribution in [2.45, 2.75) is 60.0 Å². The molecule has 3 aromatic carbocycles. The third-order valence-corrected chi connectivity index (χ3v) is 6.75. The van der Waals surface area contributed by atoms with Gasteiger partial charge in [0.25, 0.3) is 9.03 Å². The number of benzene rings is 3. The quantitative estimate of drug-likeness (QED) is 0.179. The van der Waals surface area contributed by atoms with Crippen LogP contribution >= 0.6 is 18.1 Å². The molecular formula is C28H36O5P2. The fraction of sp³-hybridized carbons (Fsp3) is 0.357. The second-order valence-electron chi connectivity index (χ2n) is 9.10. The predicted octanol–water partition coefficient (Wildman–Crippen LogP) is 8.63. The van der Waals surface area contributed by atoms with E-state index in [0.29, 0.717) is 29.9 Å². The molecule has 35 heavy (non-hydrogen) atoms. The number of rotatable bonds is 12. The van der Waals surface area contributed by atoms with Gasteiger partial charge >= 0.3 is 0 Å². The molecule has 5 nitrogen and oxygen atoms in total. The van der Waals surface area contributed by atoms with E-state index in [4.69, 9.17) is 22.8 Å². The number of para-hydroxylation sites is 1. The van der Waals surface area contributed by atoms with Gasteiger partial charge in [0.05, 0.1) is 13.7 Å². The van der Waals surface area contributed by atoms with Crippen molar-refractivity contribution in [3.8, 4) is 23.0 Å². The van der Waals surface area contributed by atoms with Gasteiger partial charge in [-0.05, 0) is 66.1 Å². The zero-order chi connectivity index (χ0) is 25.4. The van der Waals surface area contributed by atoms with Gasteiger partial charge in [-0.3, -0.25) is 0 Å². The van der Waals surface area contributed by atoms with Crippen LogP contribution in [0.4, 0.5) is 0 Å². The lowest BCUT2D eigenvalue weighted by molar-refractivity contribution is 0.312. The highest BCUT2D eigenvalue weighted by Crippen LogP contribution is 2.39. The molecule has 0 fully saturated rings. The lowest BCUT2D eigenvalue weighted by Gasteiger charge is -2.17. The minimum absolute atomic E-state index is 0.137. The molecule has 3 rings (SSSR count). The Morgan fingerprint density at radius 2 is 1.26 bits per heavy atom. The average molecular weight is 515 g/mol. The zero-order valence-corrected chi connectivity index (χ0v) is 23.6. The number of aryl methyl sites for hydroxylation is 2. The third kappa shape index (κ3) is 7.58. The van der Waals surface area contributed by atoms with E-state index in [1.165, 1.54) is 5.56 Å². The molecule has 3 aromatic rings. The minimum atomic E-state index is -0.219. The lowest BCUT2D eigenvalue weighted by Crippen LogP contribution is -1.98. The second kappa shape index (κ2) is 13.1. The van der Waals surface area contributed by atoms with E-state index in [-0.39, 0.29) is 18.1 Å². The van der Waals surface area contributed by atoms with Crippen molar-refractivity contribution in [3.05, 3.63) is 82.4 Å². The summed E-state index contributed by atoms with van der Waals surface area (Å²) in [4.78, 5) is 0. The Balaban J connectivity index is 1.64. The van der Waals surface area contributed by atoms with Gasteiger partial charge in [-0.2, -0.15) is 0 Å². The fourth-order valence-electron chi connectivity index (χ4n) is 3.65. The van der Waals surface area contributed by atoms with Crippen LogP contribution < -0.4 is 18.3 Å². The largest absolute Gasteiger partial charge is 0.493 e. The van der Waals surface area contributed by atoms with E-state index in [2.05, 4.69) is 71.9 Å². The van der Waals surface area contributed by atoms with E-state index in [9.17, 15) is 0 Å². The highest BCUT2D eigenvalue weighted by Gasteiger charge is 2.14. The molecule has 2 unspecified atom stereocenters. The normalized spacial score (nSPS) is 11.8. The van der Waals surface area contributed by atoms with Crippen molar-refractivity contribution >= 4 is 18.1 Å². The first kappa shape index (κ1) is 27.3. The second-order valence-corrected chi connectivity index (χ2v) is 10.3. The Morgan fingerprint density at radius 1 is 0.686 bits per heavy atom. The average Bonchev–Trinajstić information content (AvgIpc) is 2.82. The van der Waals surface area contributed by atoms with Crippen LogP contribution in [0.2, 0.25) is 0 Å². The molecule has 188 valence electrons. The maximum Gasteiger partial charge on any atom is 0.275 e. The van der Waals surface area contributed by atoms with Crippen molar-refractivity contribution in [2.75, 3.05) is 7.11 Å². The lowest BCUT2D eigenvalue weighted by atomic mass is 10.0. The van der Waals surface area contributed by atoms with Crippen LogP contribution in [0, 0.1) is 13.8 Å². The number of methoxy groups -OCH3 is 1. The molecule has 0 N–H and O–H groups in total. The van der Waals surface area contributed by atoms with Crippen molar-refractivity contribution in [2.24, 2.45) is 0 Å². The van der Waals surface area contributed by atoms with Gasteiger partial charge in [0, 0.05) is 5.56 Å². The number of hydrogen-bond acceptors (Lipinski definition) is 5. The molecule has 0 radical (unpaired) electrons. The van der Waals surface area contributed by atoms with Crippen molar-refractivity contribution < 1.29 is 22.8 Å². The van der Waals surface area contributed by atoms with Crippen molar-refractivity contribution in [3.63, 3.8) is 0 Å². The molecule has 0 aliphatic carbocycles. The fourth-order valence-corrected chi connectivity index (χ4v) is 4.82. The molecule has 0 bridgehead atoms. The van der Waals surface area contributed by atoms with Crippen LogP contribution in [0.1, 0.15) is 67.3 Å². The summed E-state index contributed by atoms with van der Waals surface area (Å²) in [5, 5.41) is 0. The SMILES string of the molecule is COc1cccc(COPOc2cc(C)ccc2C(C)C)c1OPOc1cc(C)ccc1C(C)C. The Hall–Kier alpha value is -2.32. The standard InChI is InChI=1S/C28H36O5P2/c1-18(2)23-13-11-20(5)15-26(23)31-34-30-17-22-9-8-10-25(29-7)28(22)33-35-32-27-16-21(6)12-14-24(27)19(3)4/h8-16,18-19,34-35H,17H2,1-7H3. The summed E-state index contributed by atoms with van der Waals surface area (Å²) < 4.78 is 29.6. The van der Waals surface area contributed by atoms with Gasteiger partial charge in [0.15, 0.2) is 11.5 Å². The Morgan fingerprint density at radius 3 is 1.80 bits per heavy atom. The maximum absolute atomic E-state index is 6.08. The highest BCUT2D eigenvalue weighted by atomic mass is 31.1. The molecule has 0 aromatic heterocycles. The summed E-state index contributed by atoms with van der Waals surface area (Å²) in [6, 6.07) is 18.3. The van der Waals surface area contributed by atoms with Crippen LogP contribution in [0.25, 0.3) is 0 Å². The van der Waals surface area contributed by atoms with Crippen LogP contribution in [0.15, 0.2) is 54.6 Å². The predicted molar refractivity (Wildman–Crippen MR) is 147 cm³/mol. The minimum Gasteiger partial charge on any atom is -0.493 e. The molecule has 0 saturated carbocycles. The highest BCUT2D eigenvalue weighted by molar-refractivity contribution is 7.27. The van der Waals surface area contributed by atoms with E-state index in [0.717, 1.165) is 33.8 Å². The Bertz CT molecular complexity index is 1110. The number of ether oxygens (including phenoxy) is 1. The summed E-state index contributed by atoms with van der Waals surface area (Å²) in [6.07, 6.45) is 0. The summed E-state index contributed by atoms with van der Waals surface area (Å²) in [5.41, 5.74) is 5.51.